The molecule has 0 radical (unpaired) electrons. The van der Waals surface area contributed by atoms with E-state index in [4.69, 9.17) is 12.2 Å². The number of thiazole rings is 1. The van der Waals surface area contributed by atoms with Gasteiger partial charge in [-0.3, -0.25) is 14.5 Å². The SMILES string of the molecule is CCN1C(=O)/C(=c2\s/c(=C/c3cc(Br)c4c(c3)C3CCCC3N4Cc3ccccc3)c(=O)n2C(=O)O)SC1=S. The van der Waals surface area contributed by atoms with Crippen molar-refractivity contribution in [3.63, 3.8) is 0 Å². The van der Waals surface area contributed by atoms with E-state index in [1.165, 1.54) is 28.1 Å². The highest BCUT2D eigenvalue weighted by molar-refractivity contribution is 9.10. The first-order valence-electron chi connectivity index (χ1n) is 12.7. The summed E-state index contributed by atoms with van der Waals surface area (Å²) in [5, 5.41) is 9.85. The van der Waals surface area contributed by atoms with Crippen LogP contribution >= 0.6 is 51.2 Å². The molecule has 3 aliphatic rings. The second-order valence-corrected chi connectivity index (χ2v) is 13.3. The van der Waals surface area contributed by atoms with Crippen molar-refractivity contribution >= 4 is 84.2 Å². The molecule has 2 aliphatic heterocycles. The maximum Gasteiger partial charge on any atom is 0.419 e. The number of hydrogen-bond acceptors (Lipinski definition) is 7. The molecule has 7 nitrogen and oxygen atoms in total. The first-order valence-corrected chi connectivity index (χ1v) is 15.5. The standard InChI is InChI=1S/C28H24BrN3O4S3/c1-2-30-25(34)23(39-28(30)37)26-32(27(35)36)24(33)21(38-26)13-16-11-18-17-9-6-10-20(17)31(22(18)19(29)12-16)14-15-7-4-3-5-8-15/h3-5,7-8,11-13,17,20H,2,6,9-10,14H2,1H3,(H,35,36)/b21-13+,26-23+. The fourth-order valence-corrected chi connectivity index (χ4v) is 9.21. The number of hydrogen-bond donors (Lipinski definition) is 1. The lowest BCUT2D eigenvalue weighted by Gasteiger charge is -2.28. The lowest BCUT2D eigenvalue weighted by atomic mass is 9.96. The van der Waals surface area contributed by atoms with E-state index >= 15 is 0 Å². The molecule has 2 unspecified atom stereocenters. The summed E-state index contributed by atoms with van der Waals surface area (Å²) < 4.78 is 2.32. The van der Waals surface area contributed by atoms with E-state index in [0.29, 0.717) is 27.4 Å². The van der Waals surface area contributed by atoms with E-state index in [2.05, 4.69) is 51.2 Å². The minimum Gasteiger partial charge on any atom is -0.464 e. The molecule has 1 N–H and O–H groups in total. The maximum atomic E-state index is 13.2. The van der Waals surface area contributed by atoms with Crippen LogP contribution in [0.5, 0.6) is 0 Å². The number of nitrogens with zero attached hydrogens (tertiary/aromatic N) is 3. The largest absolute Gasteiger partial charge is 0.464 e. The summed E-state index contributed by atoms with van der Waals surface area (Å²) in [5.74, 6) is 0.0356. The van der Waals surface area contributed by atoms with Crippen LogP contribution in [0.4, 0.5) is 10.5 Å². The molecular weight excluding hydrogens is 618 g/mol. The van der Waals surface area contributed by atoms with E-state index in [9.17, 15) is 19.5 Å². The first-order chi connectivity index (χ1) is 18.8. The number of benzene rings is 2. The molecule has 1 saturated carbocycles. The second kappa shape index (κ2) is 10.3. The Bertz CT molecular complexity index is 1720. The summed E-state index contributed by atoms with van der Waals surface area (Å²) in [7, 11) is 0. The van der Waals surface area contributed by atoms with Gasteiger partial charge >= 0.3 is 6.09 Å². The van der Waals surface area contributed by atoms with Crippen LogP contribution in [0, 0.1) is 0 Å². The zero-order valence-corrected chi connectivity index (χ0v) is 25.0. The van der Waals surface area contributed by atoms with Crippen molar-refractivity contribution < 1.29 is 14.7 Å². The van der Waals surface area contributed by atoms with Gasteiger partial charge in [-0.25, -0.2) is 4.79 Å². The Morgan fingerprint density at radius 1 is 1.21 bits per heavy atom. The van der Waals surface area contributed by atoms with Gasteiger partial charge in [0, 0.05) is 29.5 Å². The molecule has 39 heavy (non-hydrogen) atoms. The Balaban J connectivity index is 1.47. The zero-order chi connectivity index (χ0) is 27.4. The van der Waals surface area contributed by atoms with Crippen molar-refractivity contribution in [2.75, 3.05) is 11.4 Å². The predicted molar refractivity (Wildman–Crippen MR) is 163 cm³/mol. The molecule has 2 fully saturated rings. The topological polar surface area (TPSA) is 82.9 Å². The van der Waals surface area contributed by atoms with Crippen LogP contribution in [-0.4, -0.2) is 43.5 Å². The number of carbonyl (C=O) groups excluding carboxylic acids is 1. The molecule has 2 aromatic carbocycles. The molecule has 6 rings (SSSR count). The third-order valence-corrected chi connectivity index (χ3v) is 10.8. The molecule has 3 heterocycles. The van der Waals surface area contributed by atoms with E-state index in [-0.39, 0.29) is 20.0 Å². The molecule has 2 atom stereocenters. The normalized spacial score (nSPS) is 22.2. The number of rotatable bonds is 4. The highest BCUT2D eigenvalue weighted by atomic mass is 79.9. The van der Waals surface area contributed by atoms with E-state index in [1.54, 1.807) is 13.0 Å². The van der Waals surface area contributed by atoms with Gasteiger partial charge in [0.2, 0.25) is 0 Å². The molecule has 0 spiro atoms. The van der Waals surface area contributed by atoms with Crippen LogP contribution in [0.15, 0.2) is 51.7 Å². The summed E-state index contributed by atoms with van der Waals surface area (Å²) in [6.07, 6.45) is 3.72. The van der Waals surface area contributed by atoms with Crippen LogP contribution in [0.2, 0.25) is 0 Å². The van der Waals surface area contributed by atoms with E-state index in [0.717, 1.165) is 52.5 Å². The van der Waals surface area contributed by atoms with Crippen molar-refractivity contribution in [2.45, 2.75) is 44.7 Å². The van der Waals surface area contributed by atoms with Crippen molar-refractivity contribution in [1.82, 2.24) is 9.47 Å². The monoisotopic (exact) mass is 641 g/mol. The average Bonchev–Trinajstić information content (AvgIpc) is 3.64. The van der Waals surface area contributed by atoms with Crippen LogP contribution in [0.25, 0.3) is 11.0 Å². The van der Waals surface area contributed by atoms with Gasteiger partial charge in [0.25, 0.3) is 11.5 Å². The van der Waals surface area contributed by atoms with Gasteiger partial charge in [0.1, 0.15) is 13.9 Å². The maximum absolute atomic E-state index is 13.2. The minimum atomic E-state index is -1.42. The Morgan fingerprint density at radius 2 is 1.97 bits per heavy atom. The average molecular weight is 643 g/mol. The number of aromatic nitrogens is 1. The second-order valence-electron chi connectivity index (χ2n) is 9.74. The van der Waals surface area contributed by atoms with E-state index < -0.39 is 11.7 Å². The smallest absolute Gasteiger partial charge is 0.419 e. The highest BCUT2D eigenvalue weighted by Crippen LogP contribution is 2.52. The Labute approximate surface area is 246 Å². The molecule has 3 aromatic rings. The Morgan fingerprint density at radius 3 is 2.67 bits per heavy atom. The van der Waals surface area contributed by atoms with Crippen molar-refractivity contribution in [2.24, 2.45) is 0 Å². The quantitative estimate of drug-likeness (QED) is 0.415. The third kappa shape index (κ3) is 4.49. The van der Waals surface area contributed by atoms with Gasteiger partial charge in [-0.1, -0.05) is 60.7 Å². The summed E-state index contributed by atoms with van der Waals surface area (Å²) >= 11 is 11.1. The summed E-state index contributed by atoms with van der Waals surface area (Å²) in [4.78, 5) is 42.3. The minimum absolute atomic E-state index is 0.0946. The van der Waals surface area contributed by atoms with Crippen LogP contribution in [0.1, 0.15) is 48.8 Å². The van der Waals surface area contributed by atoms with Crippen LogP contribution in [0.3, 0.4) is 0 Å². The van der Waals surface area contributed by atoms with Crippen molar-refractivity contribution in [1.29, 1.82) is 0 Å². The van der Waals surface area contributed by atoms with Gasteiger partial charge < -0.3 is 10.0 Å². The predicted octanol–water partition coefficient (Wildman–Crippen LogP) is 4.67. The number of anilines is 1. The number of halogens is 1. The number of thiocarbonyl (C=S) groups is 1. The number of carbonyl (C=O) groups is 2. The van der Waals surface area contributed by atoms with Gasteiger partial charge in [-0.15, -0.1) is 11.3 Å². The molecule has 200 valence electrons. The molecule has 1 aromatic heterocycles. The van der Waals surface area contributed by atoms with Crippen LogP contribution in [-0.2, 0) is 11.3 Å². The first kappa shape index (κ1) is 26.5. The molecular formula is C28H24BrN3O4S3. The van der Waals surface area contributed by atoms with E-state index in [1.807, 2.05) is 12.1 Å². The number of amides is 1. The molecule has 1 aliphatic carbocycles. The zero-order valence-electron chi connectivity index (χ0n) is 20.9. The molecule has 0 bridgehead atoms. The van der Waals surface area contributed by atoms with Gasteiger partial charge in [-0.2, -0.15) is 4.57 Å². The summed E-state index contributed by atoms with van der Waals surface area (Å²) in [6, 6.07) is 15.0. The summed E-state index contributed by atoms with van der Waals surface area (Å²) in [6.45, 7) is 3.00. The van der Waals surface area contributed by atoms with Gasteiger partial charge in [-0.05, 0) is 70.6 Å². The Hall–Kier alpha value is -2.73. The van der Waals surface area contributed by atoms with Gasteiger partial charge in [0.05, 0.1) is 10.2 Å². The number of fused-ring (bicyclic) bond motifs is 3. The molecule has 1 saturated heterocycles. The number of thioether (sulfide) groups is 1. The highest BCUT2D eigenvalue weighted by Gasteiger charge is 2.42. The fourth-order valence-electron chi connectivity index (χ4n) is 5.89. The van der Waals surface area contributed by atoms with Crippen molar-refractivity contribution in [3.8, 4) is 0 Å². The molecule has 11 heteroatoms. The molecule has 1 amide bonds. The Kier molecular flexibility index (Phi) is 7.03. The van der Waals surface area contributed by atoms with Crippen LogP contribution < -0.4 is 19.7 Å². The van der Waals surface area contributed by atoms with Crippen molar-refractivity contribution in [3.05, 3.63) is 83.2 Å². The third-order valence-electron chi connectivity index (χ3n) is 7.55. The number of carboxylic acid groups (broad SMARTS) is 1. The lowest BCUT2D eigenvalue weighted by molar-refractivity contribution is -0.120. The summed E-state index contributed by atoms with van der Waals surface area (Å²) in [5.41, 5.74) is 3.86. The lowest BCUT2D eigenvalue weighted by Crippen LogP contribution is -2.37. The fraction of sp³-hybridized carbons (Fsp3) is 0.286. The van der Waals surface area contributed by atoms with Gasteiger partial charge in [0.15, 0.2) is 0 Å².